The summed E-state index contributed by atoms with van der Waals surface area (Å²) in [5.74, 6) is 0.908. The van der Waals surface area contributed by atoms with Crippen LogP contribution in [0.5, 0.6) is 5.75 Å². The normalized spacial score (nSPS) is 16.1. The fourth-order valence-corrected chi connectivity index (χ4v) is 2.93. The van der Waals surface area contributed by atoms with Gasteiger partial charge in [-0.3, -0.25) is 14.9 Å². The van der Waals surface area contributed by atoms with Gasteiger partial charge in [0.05, 0.1) is 5.69 Å². The first kappa shape index (κ1) is 16.1. The number of nitrogens with one attached hydrogen (secondary N) is 2. The second kappa shape index (κ2) is 6.51. The molecule has 2 N–H and O–H groups in total. The third-order valence-electron chi connectivity index (χ3n) is 4.25. The van der Waals surface area contributed by atoms with Crippen molar-refractivity contribution in [1.29, 1.82) is 0 Å². The summed E-state index contributed by atoms with van der Waals surface area (Å²) in [6, 6.07) is 14.7. The second-order valence-corrected chi connectivity index (χ2v) is 6.25. The number of guanidine groups is 1. The summed E-state index contributed by atoms with van der Waals surface area (Å²) in [6.07, 6.45) is -0.647. The molecule has 4 rings (SSSR count). The Bertz CT molecular complexity index is 895. The van der Waals surface area contributed by atoms with E-state index in [1.54, 1.807) is 13.0 Å². The molecule has 26 heavy (non-hydrogen) atoms. The summed E-state index contributed by atoms with van der Waals surface area (Å²) >= 11 is 0. The zero-order valence-corrected chi connectivity index (χ0v) is 14.2. The minimum atomic E-state index is -0.647. The van der Waals surface area contributed by atoms with E-state index in [1.807, 2.05) is 47.4 Å². The van der Waals surface area contributed by atoms with Gasteiger partial charge in [-0.2, -0.15) is 0 Å². The number of aliphatic imine (C=N–C) groups is 1. The number of para-hydroxylation sites is 1. The number of benzene rings is 2. The zero-order chi connectivity index (χ0) is 18.1. The molecule has 132 valence electrons. The first-order valence-electron chi connectivity index (χ1n) is 8.37. The molecule has 0 saturated carbocycles. The van der Waals surface area contributed by atoms with Crippen molar-refractivity contribution in [2.45, 2.75) is 19.6 Å². The highest BCUT2D eigenvalue weighted by molar-refractivity contribution is 6.05. The van der Waals surface area contributed by atoms with Gasteiger partial charge < -0.3 is 15.0 Å². The van der Waals surface area contributed by atoms with E-state index in [-0.39, 0.29) is 11.8 Å². The number of nitrogens with zero attached hydrogens (tertiary/aromatic N) is 2. The Morgan fingerprint density at radius 3 is 2.85 bits per heavy atom. The number of carbonyl (C=O) groups excluding carboxylic acids is 2. The first-order valence-corrected chi connectivity index (χ1v) is 8.37. The van der Waals surface area contributed by atoms with Gasteiger partial charge in [0.15, 0.2) is 6.10 Å². The molecule has 0 radical (unpaired) electrons. The van der Waals surface area contributed by atoms with Crippen molar-refractivity contribution in [2.24, 2.45) is 4.99 Å². The summed E-state index contributed by atoms with van der Waals surface area (Å²) in [4.78, 5) is 30.1. The Kier molecular flexibility index (Phi) is 4.04. The third kappa shape index (κ3) is 3.23. The van der Waals surface area contributed by atoms with Crippen molar-refractivity contribution >= 4 is 29.1 Å². The highest BCUT2D eigenvalue weighted by atomic mass is 16.5. The van der Waals surface area contributed by atoms with Crippen LogP contribution in [0.3, 0.4) is 0 Å². The van der Waals surface area contributed by atoms with Gasteiger partial charge in [0.1, 0.15) is 12.3 Å². The molecule has 7 heteroatoms. The quantitative estimate of drug-likeness (QED) is 0.884. The Morgan fingerprint density at radius 1 is 1.23 bits per heavy atom. The lowest BCUT2D eigenvalue weighted by molar-refractivity contribution is -0.122. The van der Waals surface area contributed by atoms with Crippen molar-refractivity contribution < 1.29 is 14.3 Å². The van der Waals surface area contributed by atoms with Crippen molar-refractivity contribution in [3.63, 3.8) is 0 Å². The molecule has 0 aliphatic carbocycles. The highest BCUT2D eigenvalue weighted by Gasteiger charge is 2.29. The summed E-state index contributed by atoms with van der Waals surface area (Å²) in [7, 11) is 0. The maximum Gasteiger partial charge on any atom is 0.265 e. The van der Waals surface area contributed by atoms with Crippen LogP contribution in [0.15, 0.2) is 53.5 Å². The van der Waals surface area contributed by atoms with Crippen LogP contribution in [-0.4, -0.2) is 35.3 Å². The number of anilines is 1. The minimum absolute atomic E-state index is 0.0563. The molecule has 0 aromatic heterocycles. The monoisotopic (exact) mass is 350 g/mol. The molecule has 2 aliphatic rings. The molecule has 1 saturated heterocycles. The van der Waals surface area contributed by atoms with Crippen LogP contribution < -0.4 is 15.4 Å². The lowest BCUT2D eigenvalue weighted by Gasteiger charge is -2.23. The average molecular weight is 350 g/mol. The number of fused-ring (bicyclic) bond motifs is 2. The molecule has 2 heterocycles. The van der Waals surface area contributed by atoms with E-state index in [0.717, 1.165) is 16.9 Å². The van der Waals surface area contributed by atoms with Crippen LogP contribution in [0.1, 0.15) is 12.5 Å². The van der Waals surface area contributed by atoms with E-state index in [1.165, 1.54) is 0 Å². The SMILES string of the molecule is CC(Oc1ccc2c(c1)CN1CC(=O)NC1=N2)C(=O)Nc1ccccc1. The van der Waals surface area contributed by atoms with Crippen LogP contribution >= 0.6 is 0 Å². The molecule has 0 bridgehead atoms. The van der Waals surface area contributed by atoms with Crippen LogP contribution in [-0.2, 0) is 16.1 Å². The maximum atomic E-state index is 12.3. The van der Waals surface area contributed by atoms with Gasteiger partial charge in [0.25, 0.3) is 5.91 Å². The van der Waals surface area contributed by atoms with Gasteiger partial charge in [0, 0.05) is 17.8 Å². The van der Waals surface area contributed by atoms with Gasteiger partial charge in [-0.1, -0.05) is 18.2 Å². The van der Waals surface area contributed by atoms with Crippen LogP contribution in [0.2, 0.25) is 0 Å². The number of amides is 2. The largest absolute Gasteiger partial charge is 0.481 e. The predicted molar refractivity (Wildman–Crippen MR) is 97.3 cm³/mol. The summed E-state index contributed by atoms with van der Waals surface area (Å²) < 4.78 is 5.79. The summed E-state index contributed by atoms with van der Waals surface area (Å²) in [5.41, 5.74) is 2.48. The maximum absolute atomic E-state index is 12.3. The van der Waals surface area contributed by atoms with Crippen LogP contribution in [0.4, 0.5) is 11.4 Å². The number of hydrogen-bond acceptors (Lipinski definition) is 5. The second-order valence-electron chi connectivity index (χ2n) is 6.25. The fraction of sp³-hybridized carbons (Fsp3) is 0.211. The number of carbonyl (C=O) groups is 2. The zero-order valence-electron chi connectivity index (χ0n) is 14.2. The molecule has 1 fully saturated rings. The summed E-state index contributed by atoms with van der Waals surface area (Å²) in [6.45, 7) is 2.59. The van der Waals surface area contributed by atoms with Crippen molar-refractivity contribution in [3.05, 3.63) is 54.1 Å². The van der Waals surface area contributed by atoms with Gasteiger partial charge in [-0.15, -0.1) is 0 Å². The van der Waals surface area contributed by atoms with E-state index in [0.29, 0.717) is 24.8 Å². The Morgan fingerprint density at radius 2 is 2.04 bits per heavy atom. The topological polar surface area (TPSA) is 83.0 Å². The van der Waals surface area contributed by atoms with Crippen LogP contribution in [0.25, 0.3) is 0 Å². The van der Waals surface area contributed by atoms with Crippen molar-refractivity contribution in [2.75, 3.05) is 11.9 Å². The molecular weight excluding hydrogens is 332 g/mol. The van der Waals surface area contributed by atoms with Gasteiger partial charge >= 0.3 is 0 Å². The summed E-state index contributed by atoms with van der Waals surface area (Å²) in [5, 5.41) is 5.55. The molecule has 1 atom stereocenters. The standard InChI is InChI=1S/C19H18N4O3/c1-12(18(25)20-14-5-3-2-4-6-14)26-15-7-8-16-13(9-15)10-23-11-17(24)22-19(23)21-16/h2-9,12H,10-11H2,1H3,(H,20,25)(H,21,22,24). The minimum Gasteiger partial charge on any atom is -0.481 e. The van der Waals surface area contributed by atoms with Crippen molar-refractivity contribution in [1.82, 2.24) is 10.2 Å². The first-order chi connectivity index (χ1) is 12.6. The molecular formula is C19H18N4O3. The Labute approximate surface area is 150 Å². The molecule has 2 aliphatic heterocycles. The van der Waals surface area contributed by atoms with Gasteiger partial charge in [0.2, 0.25) is 11.9 Å². The fourth-order valence-electron chi connectivity index (χ4n) is 2.93. The van der Waals surface area contributed by atoms with E-state index in [2.05, 4.69) is 15.6 Å². The lowest BCUT2D eigenvalue weighted by atomic mass is 10.1. The average Bonchev–Trinajstić information content (AvgIpc) is 2.99. The molecule has 1 unspecified atom stereocenters. The van der Waals surface area contributed by atoms with E-state index < -0.39 is 6.10 Å². The molecule has 0 spiro atoms. The molecule has 2 aromatic carbocycles. The Hall–Kier alpha value is -3.35. The highest BCUT2D eigenvalue weighted by Crippen LogP contribution is 2.30. The van der Waals surface area contributed by atoms with E-state index >= 15 is 0 Å². The Balaban J connectivity index is 1.44. The molecule has 7 nitrogen and oxygen atoms in total. The predicted octanol–water partition coefficient (Wildman–Crippen LogP) is 2.03. The number of rotatable bonds is 4. The lowest BCUT2D eigenvalue weighted by Crippen LogP contribution is -2.32. The number of hydrogen-bond donors (Lipinski definition) is 2. The molecule has 2 amide bonds. The van der Waals surface area contributed by atoms with Crippen LogP contribution in [0, 0.1) is 0 Å². The third-order valence-corrected chi connectivity index (χ3v) is 4.25. The van der Waals surface area contributed by atoms with Crippen molar-refractivity contribution in [3.8, 4) is 5.75 Å². The van der Waals surface area contributed by atoms with Gasteiger partial charge in [-0.25, -0.2) is 4.99 Å². The molecule has 2 aromatic rings. The van der Waals surface area contributed by atoms with E-state index in [4.69, 9.17) is 4.74 Å². The van der Waals surface area contributed by atoms with E-state index in [9.17, 15) is 9.59 Å². The van der Waals surface area contributed by atoms with Gasteiger partial charge in [-0.05, 0) is 37.3 Å². The smallest absolute Gasteiger partial charge is 0.265 e. The number of ether oxygens (including phenoxy) is 1.